The highest BCUT2D eigenvalue weighted by atomic mass is 28.4. The molecule has 0 amide bonds. The molecule has 0 bridgehead atoms. The Labute approximate surface area is 164 Å². The molecule has 5 heteroatoms. The van der Waals surface area contributed by atoms with Gasteiger partial charge in [0, 0.05) is 37.6 Å². The van der Waals surface area contributed by atoms with Gasteiger partial charge in [-0.1, -0.05) is 60.8 Å². The molecule has 0 spiro atoms. The Balaban J connectivity index is 5.14. The number of rotatable bonds is 17. The van der Waals surface area contributed by atoms with Crippen LogP contribution in [-0.4, -0.2) is 40.9 Å². The van der Waals surface area contributed by atoms with Crippen LogP contribution in [-0.2, 0) is 13.3 Å². The number of hydrogen-bond donors (Lipinski definition) is 0. The highest BCUT2D eigenvalue weighted by Crippen LogP contribution is 2.27. The van der Waals surface area contributed by atoms with Gasteiger partial charge in [-0.15, -0.1) is 0 Å². The highest BCUT2D eigenvalue weighted by Gasteiger charge is 2.47. The fourth-order valence-corrected chi connectivity index (χ4v) is 5.39. The quantitative estimate of drug-likeness (QED) is 0.168. The SMILES string of the molecule is CCCCO[Si](OCCCC)(OCCCC)C(C)CN=C(C)CC(C)C. The second-order valence-corrected chi connectivity index (χ2v) is 10.8. The second kappa shape index (κ2) is 15.8. The third-order valence-corrected chi connectivity index (χ3v) is 7.55. The summed E-state index contributed by atoms with van der Waals surface area (Å²) in [6.07, 6.45) is 7.55. The van der Waals surface area contributed by atoms with Crippen LogP contribution >= 0.6 is 0 Å². The monoisotopic (exact) mass is 387 g/mol. The first-order valence-electron chi connectivity index (χ1n) is 10.8. The van der Waals surface area contributed by atoms with E-state index in [2.05, 4.69) is 48.5 Å². The van der Waals surface area contributed by atoms with Gasteiger partial charge in [-0.05, 0) is 38.5 Å². The molecular weight excluding hydrogens is 342 g/mol. The van der Waals surface area contributed by atoms with E-state index in [4.69, 9.17) is 18.3 Å². The molecule has 0 saturated heterocycles. The zero-order valence-corrected chi connectivity index (χ0v) is 19.6. The lowest BCUT2D eigenvalue weighted by Crippen LogP contribution is -2.51. The van der Waals surface area contributed by atoms with Crippen LogP contribution in [0.3, 0.4) is 0 Å². The number of aliphatic imine (C=N–C) groups is 1. The van der Waals surface area contributed by atoms with Crippen LogP contribution < -0.4 is 0 Å². The minimum absolute atomic E-state index is 0.190. The fourth-order valence-electron chi connectivity index (χ4n) is 2.69. The van der Waals surface area contributed by atoms with E-state index in [9.17, 15) is 0 Å². The van der Waals surface area contributed by atoms with Gasteiger partial charge >= 0.3 is 8.80 Å². The Morgan fingerprint density at radius 2 is 1.23 bits per heavy atom. The van der Waals surface area contributed by atoms with Crippen molar-refractivity contribution in [1.29, 1.82) is 0 Å². The Bertz CT molecular complexity index is 335. The lowest BCUT2D eigenvalue weighted by Gasteiger charge is -2.34. The topological polar surface area (TPSA) is 40.0 Å². The molecular formula is C21H45NO3Si. The maximum absolute atomic E-state index is 6.36. The molecule has 0 aromatic heterocycles. The summed E-state index contributed by atoms with van der Waals surface area (Å²) >= 11 is 0. The van der Waals surface area contributed by atoms with Gasteiger partial charge in [0.1, 0.15) is 0 Å². The van der Waals surface area contributed by atoms with Crippen LogP contribution in [0.4, 0.5) is 0 Å². The average molecular weight is 388 g/mol. The van der Waals surface area contributed by atoms with Crippen molar-refractivity contribution in [2.75, 3.05) is 26.4 Å². The maximum Gasteiger partial charge on any atom is 0.505 e. The van der Waals surface area contributed by atoms with E-state index in [0.29, 0.717) is 5.92 Å². The molecule has 0 aliphatic rings. The molecule has 0 fully saturated rings. The third kappa shape index (κ3) is 11.5. The Hall–Kier alpha value is -0.233. The summed E-state index contributed by atoms with van der Waals surface area (Å²) in [6, 6.07) is 0. The van der Waals surface area contributed by atoms with Crippen molar-refractivity contribution in [2.24, 2.45) is 10.9 Å². The minimum atomic E-state index is -2.72. The largest absolute Gasteiger partial charge is 0.505 e. The molecule has 0 radical (unpaired) electrons. The molecule has 0 saturated carbocycles. The van der Waals surface area contributed by atoms with Crippen molar-refractivity contribution in [3.63, 3.8) is 0 Å². The molecule has 0 aromatic rings. The van der Waals surface area contributed by atoms with Gasteiger partial charge in [-0.3, -0.25) is 4.99 Å². The van der Waals surface area contributed by atoms with Crippen molar-refractivity contribution < 1.29 is 13.3 Å². The molecule has 0 heterocycles. The minimum Gasteiger partial charge on any atom is -0.373 e. The van der Waals surface area contributed by atoms with E-state index in [1.165, 1.54) is 5.71 Å². The van der Waals surface area contributed by atoms with Gasteiger partial charge in [0.25, 0.3) is 0 Å². The first-order valence-corrected chi connectivity index (χ1v) is 12.6. The van der Waals surface area contributed by atoms with Crippen LogP contribution in [0.2, 0.25) is 5.54 Å². The zero-order chi connectivity index (χ0) is 19.8. The molecule has 0 aromatic carbocycles. The lowest BCUT2D eigenvalue weighted by molar-refractivity contribution is 0.0488. The maximum atomic E-state index is 6.36. The normalized spacial score (nSPS) is 14.2. The average Bonchev–Trinajstić information content (AvgIpc) is 2.59. The zero-order valence-electron chi connectivity index (χ0n) is 18.6. The van der Waals surface area contributed by atoms with Crippen molar-refractivity contribution in [3.05, 3.63) is 0 Å². The van der Waals surface area contributed by atoms with Crippen LogP contribution in [0.1, 0.15) is 93.4 Å². The van der Waals surface area contributed by atoms with Crippen molar-refractivity contribution in [2.45, 2.75) is 99.0 Å². The molecule has 1 atom stereocenters. The summed E-state index contributed by atoms with van der Waals surface area (Å²) in [7, 11) is -2.72. The Morgan fingerprint density at radius 3 is 1.58 bits per heavy atom. The summed E-state index contributed by atoms with van der Waals surface area (Å²) < 4.78 is 19.1. The van der Waals surface area contributed by atoms with Gasteiger partial charge in [-0.25, -0.2) is 0 Å². The Morgan fingerprint density at radius 1 is 0.808 bits per heavy atom. The first kappa shape index (κ1) is 25.8. The molecule has 1 unspecified atom stereocenters. The van der Waals surface area contributed by atoms with Gasteiger partial charge in [0.2, 0.25) is 0 Å². The van der Waals surface area contributed by atoms with Crippen LogP contribution in [0.15, 0.2) is 4.99 Å². The van der Waals surface area contributed by atoms with Crippen molar-refractivity contribution in [3.8, 4) is 0 Å². The summed E-state index contributed by atoms with van der Waals surface area (Å²) in [5.41, 5.74) is 1.40. The van der Waals surface area contributed by atoms with Gasteiger partial charge < -0.3 is 13.3 Å². The smallest absolute Gasteiger partial charge is 0.373 e. The summed E-state index contributed by atoms with van der Waals surface area (Å²) in [5, 5.41) is 0. The summed E-state index contributed by atoms with van der Waals surface area (Å²) in [4.78, 5) is 4.83. The number of unbranched alkanes of at least 4 members (excludes halogenated alkanes) is 3. The lowest BCUT2D eigenvalue weighted by atomic mass is 10.1. The van der Waals surface area contributed by atoms with Gasteiger partial charge in [-0.2, -0.15) is 0 Å². The second-order valence-electron chi connectivity index (χ2n) is 7.78. The molecule has 0 aliphatic carbocycles. The van der Waals surface area contributed by atoms with Crippen LogP contribution in [0.25, 0.3) is 0 Å². The first-order chi connectivity index (χ1) is 12.4. The van der Waals surface area contributed by atoms with Crippen molar-refractivity contribution >= 4 is 14.5 Å². The third-order valence-electron chi connectivity index (χ3n) is 4.35. The molecule has 4 nitrogen and oxygen atoms in total. The summed E-state index contributed by atoms with van der Waals surface area (Å²) in [6.45, 7) is 18.2. The van der Waals surface area contributed by atoms with Crippen molar-refractivity contribution in [1.82, 2.24) is 0 Å². The van der Waals surface area contributed by atoms with E-state index >= 15 is 0 Å². The number of hydrogen-bond acceptors (Lipinski definition) is 4. The predicted molar refractivity (Wildman–Crippen MR) is 115 cm³/mol. The Kier molecular flexibility index (Phi) is 15.6. The van der Waals surface area contributed by atoms with E-state index in [-0.39, 0.29) is 5.54 Å². The van der Waals surface area contributed by atoms with Gasteiger partial charge in [0.05, 0.1) is 0 Å². The summed E-state index contributed by atoms with van der Waals surface area (Å²) in [5.74, 6) is 0.637. The van der Waals surface area contributed by atoms with Crippen LogP contribution in [0.5, 0.6) is 0 Å². The van der Waals surface area contributed by atoms with E-state index < -0.39 is 8.80 Å². The standard InChI is InChI=1S/C21H45NO3Si/c1-8-11-14-23-26(24-15-12-9-2,25-16-13-10-3)21(7)18-22-20(6)17-19(4)5/h19,21H,8-18H2,1-7H3. The number of nitrogens with zero attached hydrogens (tertiary/aromatic N) is 1. The molecule has 156 valence electrons. The van der Waals surface area contributed by atoms with E-state index in [0.717, 1.165) is 71.3 Å². The molecule has 0 N–H and O–H groups in total. The molecule has 26 heavy (non-hydrogen) atoms. The van der Waals surface area contributed by atoms with E-state index in [1.54, 1.807) is 0 Å². The molecule has 0 aliphatic heterocycles. The highest BCUT2D eigenvalue weighted by molar-refractivity contribution is 6.62. The van der Waals surface area contributed by atoms with E-state index in [1.807, 2.05) is 0 Å². The molecule has 0 rings (SSSR count). The predicted octanol–water partition coefficient (Wildman–Crippen LogP) is 6.27. The van der Waals surface area contributed by atoms with Crippen LogP contribution in [0, 0.1) is 5.92 Å². The fraction of sp³-hybridized carbons (Fsp3) is 0.952. The van der Waals surface area contributed by atoms with Gasteiger partial charge in [0.15, 0.2) is 0 Å².